The molecular weight excluding hydrogens is 430 g/mol. The second kappa shape index (κ2) is 9.31. The highest BCUT2D eigenvalue weighted by Crippen LogP contribution is 2.28. The normalized spacial score (nSPS) is 17.0. The van der Waals surface area contributed by atoms with Crippen molar-refractivity contribution < 1.29 is 17.9 Å². The molecule has 0 aromatic carbocycles. The van der Waals surface area contributed by atoms with Gasteiger partial charge in [-0.3, -0.25) is 0 Å². The molecule has 1 saturated heterocycles. The Labute approximate surface area is 161 Å². The number of sulfonamides is 1. The van der Waals surface area contributed by atoms with E-state index in [-0.39, 0.29) is 18.3 Å². The molecule has 1 fully saturated rings. The van der Waals surface area contributed by atoms with Gasteiger partial charge in [-0.1, -0.05) is 11.3 Å². The van der Waals surface area contributed by atoms with Crippen molar-refractivity contribution in [2.75, 3.05) is 25.4 Å². The first kappa shape index (κ1) is 20.6. The number of nitrogens with zero attached hydrogens (tertiary/aromatic N) is 1. The molecule has 2 N–H and O–H groups in total. The van der Waals surface area contributed by atoms with Crippen LogP contribution in [0.15, 0.2) is 15.9 Å². The molecule has 2 rings (SSSR count). The average molecular weight is 454 g/mol. The smallest absolute Gasteiger partial charge is 0.399 e. The van der Waals surface area contributed by atoms with Crippen LogP contribution in [0, 0.1) is 0 Å². The summed E-state index contributed by atoms with van der Waals surface area (Å²) in [5.41, 5.74) is 0. The molecule has 1 amide bonds. The van der Waals surface area contributed by atoms with Crippen LogP contribution in [0.3, 0.4) is 0 Å². The lowest BCUT2D eigenvalue weighted by atomic mass is 10.1. The quantitative estimate of drug-likeness (QED) is 0.661. The second-order valence-electron chi connectivity index (χ2n) is 6.22. The summed E-state index contributed by atoms with van der Waals surface area (Å²) in [6.45, 7) is 6.08. The van der Waals surface area contributed by atoms with Gasteiger partial charge in [-0.2, -0.15) is 0 Å². The monoisotopic (exact) mass is 453 g/mol. The molecule has 0 unspecified atom stereocenters. The summed E-state index contributed by atoms with van der Waals surface area (Å²) in [6.07, 6.45) is 0.954. The van der Waals surface area contributed by atoms with Gasteiger partial charge in [0, 0.05) is 18.6 Å². The third kappa shape index (κ3) is 7.22. The van der Waals surface area contributed by atoms with Gasteiger partial charge >= 0.3 is 6.09 Å². The standard InChI is InChI=1S/C15H24BrN3O4S2/c1-11(2)19-8-5-12(6-9-19)18-25(21,22)10-7-17-15(20)23-14-4-3-13(16)24-14/h3-4,11-12,18H,5-10H2,1-2H3,(H,17,20). The summed E-state index contributed by atoms with van der Waals surface area (Å²) < 4.78 is 32.9. The highest BCUT2D eigenvalue weighted by atomic mass is 79.9. The van der Waals surface area contributed by atoms with Crippen molar-refractivity contribution >= 4 is 43.4 Å². The molecule has 0 saturated carbocycles. The largest absolute Gasteiger partial charge is 0.413 e. The number of halogens is 1. The van der Waals surface area contributed by atoms with Crippen LogP contribution in [0.1, 0.15) is 26.7 Å². The fraction of sp³-hybridized carbons (Fsp3) is 0.667. The minimum absolute atomic E-state index is 0.00551. The van der Waals surface area contributed by atoms with Crippen molar-refractivity contribution in [1.82, 2.24) is 14.9 Å². The Morgan fingerprint density at radius 1 is 1.40 bits per heavy atom. The maximum atomic E-state index is 12.1. The third-order valence-electron chi connectivity index (χ3n) is 3.99. The van der Waals surface area contributed by atoms with E-state index >= 15 is 0 Å². The molecule has 0 spiro atoms. The molecule has 1 aliphatic rings. The number of rotatable bonds is 7. The number of nitrogens with one attached hydrogen (secondary N) is 2. The number of carbonyl (C=O) groups is 1. The summed E-state index contributed by atoms with van der Waals surface area (Å²) in [6, 6.07) is 3.88. The highest BCUT2D eigenvalue weighted by molar-refractivity contribution is 9.11. The van der Waals surface area contributed by atoms with Crippen molar-refractivity contribution in [1.29, 1.82) is 0 Å². The van der Waals surface area contributed by atoms with Gasteiger partial charge in [0.2, 0.25) is 10.0 Å². The van der Waals surface area contributed by atoms with E-state index in [1.165, 1.54) is 11.3 Å². The molecule has 0 bridgehead atoms. The zero-order chi connectivity index (χ0) is 18.4. The van der Waals surface area contributed by atoms with Crippen molar-refractivity contribution in [3.63, 3.8) is 0 Å². The van der Waals surface area contributed by atoms with Gasteiger partial charge in [-0.25, -0.2) is 17.9 Å². The number of hydrogen-bond acceptors (Lipinski definition) is 6. The van der Waals surface area contributed by atoms with E-state index in [2.05, 4.69) is 44.7 Å². The van der Waals surface area contributed by atoms with Crippen molar-refractivity contribution in [2.24, 2.45) is 0 Å². The van der Waals surface area contributed by atoms with E-state index in [1.807, 2.05) is 0 Å². The Bertz CT molecular complexity index is 670. The lowest BCUT2D eigenvalue weighted by molar-refractivity contribution is 0.168. The number of thiophene rings is 1. The van der Waals surface area contributed by atoms with E-state index in [0.29, 0.717) is 11.1 Å². The van der Waals surface area contributed by atoms with E-state index in [1.54, 1.807) is 12.1 Å². The van der Waals surface area contributed by atoms with Crippen LogP contribution in [-0.4, -0.2) is 56.9 Å². The van der Waals surface area contributed by atoms with Crippen molar-refractivity contribution in [3.05, 3.63) is 15.9 Å². The fourth-order valence-electron chi connectivity index (χ4n) is 2.61. The second-order valence-corrected chi connectivity index (χ2v) is 10.5. The lowest BCUT2D eigenvalue weighted by Gasteiger charge is -2.34. The van der Waals surface area contributed by atoms with Crippen LogP contribution in [-0.2, 0) is 10.0 Å². The number of carbonyl (C=O) groups excluding carboxylic acids is 1. The van der Waals surface area contributed by atoms with E-state index in [0.717, 1.165) is 29.7 Å². The molecule has 142 valence electrons. The first-order valence-corrected chi connectivity index (χ1v) is 11.5. The minimum Gasteiger partial charge on any atom is -0.399 e. The Morgan fingerprint density at radius 2 is 2.08 bits per heavy atom. The number of piperidine rings is 1. The topological polar surface area (TPSA) is 87.7 Å². The van der Waals surface area contributed by atoms with Crippen LogP contribution in [0.5, 0.6) is 5.06 Å². The van der Waals surface area contributed by atoms with Gasteiger partial charge < -0.3 is 15.0 Å². The zero-order valence-corrected chi connectivity index (χ0v) is 17.5. The summed E-state index contributed by atoms with van der Waals surface area (Å²) in [4.78, 5) is 14.0. The predicted octanol–water partition coefficient (Wildman–Crippen LogP) is 2.39. The fourth-order valence-corrected chi connectivity index (χ4v) is 5.04. The summed E-state index contributed by atoms with van der Waals surface area (Å²) in [5.74, 6) is -0.166. The predicted molar refractivity (Wildman–Crippen MR) is 103 cm³/mol. The van der Waals surface area contributed by atoms with Gasteiger partial charge in [0.25, 0.3) is 0 Å². The molecule has 1 aromatic heterocycles. The first-order valence-electron chi connectivity index (χ1n) is 8.20. The number of ether oxygens (including phenoxy) is 1. The molecule has 7 nitrogen and oxygen atoms in total. The molecule has 25 heavy (non-hydrogen) atoms. The maximum absolute atomic E-state index is 12.1. The Kier molecular flexibility index (Phi) is 7.68. The van der Waals surface area contributed by atoms with E-state index < -0.39 is 16.1 Å². The van der Waals surface area contributed by atoms with Crippen LogP contribution in [0.25, 0.3) is 0 Å². The average Bonchev–Trinajstić information content (AvgIpc) is 2.92. The van der Waals surface area contributed by atoms with Crippen molar-refractivity contribution in [3.8, 4) is 5.06 Å². The summed E-state index contributed by atoms with van der Waals surface area (Å²) in [5, 5.41) is 2.91. The molecule has 0 radical (unpaired) electrons. The molecule has 1 aromatic rings. The van der Waals surface area contributed by atoms with Crippen LogP contribution < -0.4 is 14.8 Å². The van der Waals surface area contributed by atoms with Gasteiger partial charge in [-0.05, 0) is 67.8 Å². The highest BCUT2D eigenvalue weighted by Gasteiger charge is 2.24. The van der Waals surface area contributed by atoms with E-state index in [4.69, 9.17) is 4.74 Å². The zero-order valence-electron chi connectivity index (χ0n) is 14.3. The first-order chi connectivity index (χ1) is 11.7. The van der Waals surface area contributed by atoms with Gasteiger partial charge in [0.1, 0.15) is 0 Å². The molecule has 10 heteroatoms. The molecule has 0 atom stereocenters. The SMILES string of the molecule is CC(C)N1CCC(NS(=O)(=O)CCNC(=O)Oc2ccc(Br)s2)CC1. The minimum atomic E-state index is -3.43. The van der Waals surface area contributed by atoms with Crippen molar-refractivity contribution in [2.45, 2.75) is 38.8 Å². The van der Waals surface area contributed by atoms with E-state index in [9.17, 15) is 13.2 Å². The van der Waals surface area contributed by atoms with Gasteiger partial charge in [0.15, 0.2) is 5.06 Å². The third-order valence-corrected chi connectivity index (χ3v) is 6.92. The molecule has 1 aliphatic heterocycles. The van der Waals surface area contributed by atoms with Crippen LogP contribution >= 0.6 is 27.3 Å². The van der Waals surface area contributed by atoms with Crippen LogP contribution in [0.2, 0.25) is 0 Å². The number of hydrogen-bond donors (Lipinski definition) is 2. The summed E-state index contributed by atoms with van der Waals surface area (Å²) >= 11 is 4.56. The maximum Gasteiger partial charge on any atom is 0.413 e. The number of amides is 1. The van der Waals surface area contributed by atoms with Gasteiger partial charge in [-0.15, -0.1) is 0 Å². The molecule has 0 aliphatic carbocycles. The Balaban J connectivity index is 1.68. The summed E-state index contributed by atoms with van der Waals surface area (Å²) in [7, 11) is -3.43. The lowest BCUT2D eigenvalue weighted by Crippen LogP contribution is -2.47. The molecule has 2 heterocycles. The Morgan fingerprint density at radius 3 is 2.64 bits per heavy atom. The Hall–Kier alpha value is -0.680. The molecular formula is C15H24BrN3O4S2. The van der Waals surface area contributed by atoms with Crippen LogP contribution in [0.4, 0.5) is 4.79 Å². The van der Waals surface area contributed by atoms with Gasteiger partial charge in [0.05, 0.1) is 9.54 Å². The number of likely N-dealkylation sites (tertiary alicyclic amines) is 1.